The Kier molecular flexibility index (Phi) is 10.0. The first-order valence-corrected chi connectivity index (χ1v) is 6.79. The van der Waals surface area contributed by atoms with Gasteiger partial charge in [0.2, 0.25) is 0 Å². The molecule has 0 aliphatic carbocycles. The number of hydrogen-bond acceptors (Lipinski definition) is 2. The first-order chi connectivity index (χ1) is 7.68. The third-order valence-electron chi connectivity index (χ3n) is 3.35. The van der Waals surface area contributed by atoms with E-state index in [1.807, 2.05) is 6.92 Å². The molecule has 0 aromatic carbocycles. The summed E-state index contributed by atoms with van der Waals surface area (Å²) in [6.07, 6.45) is 11.8. The number of methoxy groups -OCH3 is 2. The summed E-state index contributed by atoms with van der Waals surface area (Å²) in [4.78, 5) is 0. The Labute approximate surface area is 102 Å². The van der Waals surface area contributed by atoms with Gasteiger partial charge >= 0.3 is 0 Å². The van der Waals surface area contributed by atoms with Crippen LogP contribution in [0.4, 0.5) is 0 Å². The molecule has 0 aromatic heterocycles. The van der Waals surface area contributed by atoms with Crippen molar-refractivity contribution in [3.63, 3.8) is 0 Å². The maximum atomic E-state index is 5.32. The molecular weight excluding hydrogens is 200 g/mol. The lowest BCUT2D eigenvalue weighted by Gasteiger charge is -2.26. The highest BCUT2D eigenvalue weighted by Crippen LogP contribution is 2.19. The van der Waals surface area contributed by atoms with Crippen LogP contribution in [0.25, 0.3) is 0 Å². The summed E-state index contributed by atoms with van der Waals surface area (Å²) < 4.78 is 10.6. The highest BCUT2D eigenvalue weighted by atomic mass is 16.7. The maximum Gasteiger partial charge on any atom is 0.164 e. The van der Waals surface area contributed by atoms with Crippen LogP contribution < -0.4 is 0 Å². The minimum Gasteiger partial charge on any atom is -0.353 e. The van der Waals surface area contributed by atoms with Gasteiger partial charge in [0.25, 0.3) is 0 Å². The fraction of sp³-hybridized carbons (Fsp3) is 1.00. The Morgan fingerprint density at radius 3 is 1.62 bits per heavy atom. The Morgan fingerprint density at radius 2 is 1.19 bits per heavy atom. The van der Waals surface area contributed by atoms with Crippen LogP contribution >= 0.6 is 0 Å². The number of rotatable bonds is 11. The highest BCUT2D eigenvalue weighted by molar-refractivity contribution is 4.61. The second-order valence-corrected chi connectivity index (χ2v) is 4.77. The number of hydrogen-bond donors (Lipinski definition) is 0. The molecule has 0 spiro atoms. The normalized spacial score (nSPS) is 12.0. The second-order valence-electron chi connectivity index (χ2n) is 4.77. The molecule has 0 bridgehead atoms. The quantitative estimate of drug-likeness (QED) is 0.383. The van der Waals surface area contributed by atoms with Crippen molar-refractivity contribution in [2.24, 2.45) is 0 Å². The highest BCUT2D eigenvalue weighted by Gasteiger charge is 2.21. The molecule has 0 saturated heterocycles. The van der Waals surface area contributed by atoms with E-state index in [2.05, 4.69) is 6.92 Å². The van der Waals surface area contributed by atoms with Gasteiger partial charge < -0.3 is 9.47 Å². The SMILES string of the molecule is CCCCCCCCCCC(C)(OC)OC. The van der Waals surface area contributed by atoms with Crippen molar-refractivity contribution in [3.8, 4) is 0 Å². The largest absolute Gasteiger partial charge is 0.353 e. The first kappa shape index (κ1) is 15.9. The van der Waals surface area contributed by atoms with E-state index in [0.717, 1.165) is 6.42 Å². The standard InChI is InChI=1S/C14H30O2/c1-5-6-7-8-9-10-11-12-13-14(2,15-3)16-4/h5-13H2,1-4H3. The van der Waals surface area contributed by atoms with Crippen LogP contribution in [0.5, 0.6) is 0 Å². The Bertz CT molecular complexity index is 142. The van der Waals surface area contributed by atoms with Gasteiger partial charge in [0, 0.05) is 20.6 Å². The first-order valence-electron chi connectivity index (χ1n) is 6.79. The van der Waals surface area contributed by atoms with Crippen molar-refractivity contribution in [3.05, 3.63) is 0 Å². The monoisotopic (exact) mass is 230 g/mol. The molecule has 0 aliphatic rings. The fourth-order valence-corrected chi connectivity index (χ4v) is 1.87. The van der Waals surface area contributed by atoms with Crippen molar-refractivity contribution in [1.29, 1.82) is 0 Å². The smallest absolute Gasteiger partial charge is 0.164 e. The molecular formula is C14H30O2. The van der Waals surface area contributed by atoms with E-state index >= 15 is 0 Å². The zero-order chi connectivity index (χ0) is 12.3. The Hall–Kier alpha value is -0.0800. The van der Waals surface area contributed by atoms with E-state index in [-0.39, 0.29) is 5.79 Å². The van der Waals surface area contributed by atoms with Gasteiger partial charge in [-0.15, -0.1) is 0 Å². The second kappa shape index (κ2) is 10.1. The van der Waals surface area contributed by atoms with Gasteiger partial charge in [0.1, 0.15) is 0 Å². The zero-order valence-corrected chi connectivity index (χ0v) is 11.7. The molecule has 0 amide bonds. The molecule has 2 nitrogen and oxygen atoms in total. The molecule has 0 unspecified atom stereocenters. The maximum absolute atomic E-state index is 5.32. The van der Waals surface area contributed by atoms with Crippen molar-refractivity contribution >= 4 is 0 Å². The minimum atomic E-state index is -0.373. The lowest BCUT2D eigenvalue weighted by atomic mass is 10.0. The molecule has 0 radical (unpaired) electrons. The third kappa shape index (κ3) is 8.12. The summed E-state index contributed by atoms with van der Waals surface area (Å²) in [5.41, 5.74) is 0. The molecule has 0 aromatic rings. The Balaban J connectivity index is 3.26. The van der Waals surface area contributed by atoms with E-state index in [9.17, 15) is 0 Å². The molecule has 2 heteroatoms. The summed E-state index contributed by atoms with van der Waals surface area (Å²) in [6.45, 7) is 4.27. The van der Waals surface area contributed by atoms with Gasteiger partial charge in [0.15, 0.2) is 5.79 Å². The third-order valence-corrected chi connectivity index (χ3v) is 3.35. The fourth-order valence-electron chi connectivity index (χ4n) is 1.87. The number of unbranched alkanes of at least 4 members (excludes halogenated alkanes) is 7. The van der Waals surface area contributed by atoms with Gasteiger partial charge in [-0.05, 0) is 13.3 Å². The molecule has 98 valence electrons. The van der Waals surface area contributed by atoms with E-state index in [1.54, 1.807) is 14.2 Å². The molecule has 0 aliphatic heterocycles. The lowest BCUT2D eigenvalue weighted by Crippen LogP contribution is -2.29. The van der Waals surface area contributed by atoms with E-state index < -0.39 is 0 Å². The van der Waals surface area contributed by atoms with Crippen LogP contribution in [-0.4, -0.2) is 20.0 Å². The van der Waals surface area contributed by atoms with Crippen LogP contribution in [0.15, 0.2) is 0 Å². The van der Waals surface area contributed by atoms with E-state index in [4.69, 9.17) is 9.47 Å². The molecule has 0 saturated carbocycles. The van der Waals surface area contributed by atoms with Crippen molar-refractivity contribution < 1.29 is 9.47 Å². The number of ether oxygens (including phenoxy) is 2. The molecule has 0 fully saturated rings. The van der Waals surface area contributed by atoms with Crippen molar-refractivity contribution in [1.82, 2.24) is 0 Å². The average molecular weight is 230 g/mol. The van der Waals surface area contributed by atoms with Crippen molar-refractivity contribution in [2.75, 3.05) is 14.2 Å². The van der Waals surface area contributed by atoms with Crippen LogP contribution in [0.3, 0.4) is 0 Å². The lowest BCUT2D eigenvalue weighted by molar-refractivity contribution is -0.197. The van der Waals surface area contributed by atoms with Gasteiger partial charge in [-0.2, -0.15) is 0 Å². The summed E-state index contributed by atoms with van der Waals surface area (Å²) in [7, 11) is 3.43. The van der Waals surface area contributed by atoms with Gasteiger partial charge in [-0.1, -0.05) is 51.9 Å². The predicted octanol–water partition coefficient (Wildman–Crippen LogP) is 4.53. The van der Waals surface area contributed by atoms with Gasteiger partial charge in [0.05, 0.1) is 0 Å². The topological polar surface area (TPSA) is 18.5 Å². The Morgan fingerprint density at radius 1 is 0.750 bits per heavy atom. The van der Waals surface area contributed by atoms with Crippen LogP contribution in [0.1, 0.15) is 71.6 Å². The summed E-state index contributed by atoms with van der Waals surface area (Å²) in [5.74, 6) is -0.373. The van der Waals surface area contributed by atoms with Gasteiger partial charge in [-0.25, -0.2) is 0 Å². The summed E-state index contributed by atoms with van der Waals surface area (Å²) in [6, 6.07) is 0. The summed E-state index contributed by atoms with van der Waals surface area (Å²) in [5, 5.41) is 0. The molecule has 0 atom stereocenters. The molecule has 16 heavy (non-hydrogen) atoms. The molecule has 0 heterocycles. The van der Waals surface area contributed by atoms with E-state index in [0.29, 0.717) is 0 Å². The van der Waals surface area contributed by atoms with Crippen LogP contribution in [0.2, 0.25) is 0 Å². The predicted molar refractivity (Wildman–Crippen MR) is 69.7 cm³/mol. The van der Waals surface area contributed by atoms with E-state index in [1.165, 1.54) is 51.4 Å². The van der Waals surface area contributed by atoms with Crippen LogP contribution in [0, 0.1) is 0 Å². The van der Waals surface area contributed by atoms with Gasteiger partial charge in [-0.3, -0.25) is 0 Å². The van der Waals surface area contributed by atoms with Crippen molar-refractivity contribution in [2.45, 2.75) is 77.4 Å². The molecule has 0 N–H and O–H groups in total. The average Bonchev–Trinajstić information content (AvgIpc) is 2.32. The molecule has 0 rings (SSSR count). The summed E-state index contributed by atoms with van der Waals surface area (Å²) >= 11 is 0. The van der Waals surface area contributed by atoms with Crippen LogP contribution in [-0.2, 0) is 9.47 Å². The zero-order valence-electron chi connectivity index (χ0n) is 11.7. The minimum absolute atomic E-state index is 0.373.